The molecule has 2 heterocycles. The number of anilines is 1. The molecule has 1 aliphatic rings. The number of pyridine rings is 1. The van der Waals surface area contributed by atoms with Gasteiger partial charge >= 0.3 is 0 Å². The summed E-state index contributed by atoms with van der Waals surface area (Å²) in [4.78, 5) is 4.24. The highest BCUT2D eigenvalue weighted by molar-refractivity contribution is 9.10. The normalized spacial score (nSPS) is 15.8. The van der Waals surface area contributed by atoms with Crippen molar-refractivity contribution in [2.45, 2.75) is 13.0 Å². The molecule has 12 heavy (non-hydrogen) atoms. The number of hydrogen-bond acceptors (Lipinski definition) is 3. The third kappa shape index (κ3) is 1.21. The molecule has 0 unspecified atom stereocenters. The van der Waals surface area contributed by atoms with Gasteiger partial charge in [-0.15, -0.1) is 0 Å². The Bertz CT molecular complexity index is 314. The van der Waals surface area contributed by atoms with Gasteiger partial charge in [0.2, 0.25) is 0 Å². The Balaban J connectivity index is 2.54. The van der Waals surface area contributed by atoms with Gasteiger partial charge in [-0.3, -0.25) is 4.98 Å². The van der Waals surface area contributed by atoms with Crippen LogP contribution in [0.5, 0.6) is 0 Å². The quantitative estimate of drug-likeness (QED) is 0.733. The maximum Gasteiger partial charge on any atom is 0.0746 e. The molecule has 0 spiro atoms. The maximum absolute atomic E-state index is 5.68. The summed E-state index contributed by atoms with van der Waals surface area (Å²) in [5.41, 5.74) is 8.56. The van der Waals surface area contributed by atoms with Crippen molar-refractivity contribution in [1.29, 1.82) is 0 Å². The third-order valence-corrected chi connectivity index (χ3v) is 2.89. The lowest BCUT2D eigenvalue weighted by Crippen LogP contribution is -2.13. The van der Waals surface area contributed by atoms with Crippen LogP contribution in [0.25, 0.3) is 0 Å². The Morgan fingerprint density at radius 1 is 1.58 bits per heavy atom. The monoisotopic (exact) mass is 228 g/mol. The Morgan fingerprint density at radius 3 is 3.25 bits per heavy atom. The summed E-state index contributed by atoms with van der Waals surface area (Å²) in [6.45, 7) is 1.38. The van der Waals surface area contributed by atoms with Crippen molar-refractivity contribution < 1.29 is 4.74 Å². The molecule has 0 saturated carbocycles. The van der Waals surface area contributed by atoms with Gasteiger partial charge in [-0.2, -0.15) is 0 Å². The van der Waals surface area contributed by atoms with E-state index >= 15 is 0 Å². The molecule has 0 amide bonds. The van der Waals surface area contributed by atoms with E-state index in [1.165, 1.54) is 0 Å². The molecule has 0 atom stereocenters. The zero-order valence-corrected chi connectivity index (χ0v) is 8.10. The van der Waals surface area contributed by atoms with Crippen molar-refractivity contribution in [2.24, 2.45) is 0 Å². The predicted octanol–water partition coefficient (Wildman–Crippen LogP) is 1.50. The van der Waals surface area contributed by atoms with Gasteiger partial charge in [0, 0.05) is 22.2 Å². The van der Waals surface area contributed by atoms with Gasteiger partial charge in [0.25, 0.3) is 0 Å². The number of rotatable bonds is 0. The van der Waals surface area contributed by atoms with E-state index < -0.39 is 0 Å². The lowest BCUT2D eigenvalue weighted by Gasteiger charge is -2.17. The number of halogens is 1. The second-order valence-corrected chi connectivity index (χ2v) is 3.55. The number of aromatic nitrogens is 1. The molecule has 1 aromatic rings. The summed E-state index contributed by atoms with van der Waals surface area (Å²) >= 11 is 3.42. The average molecular weight is 229 g/mol. The lowest BCUT2D eigenvalue weighted by molar-refractivity contribution is 0.108. The molecule has 1 aromatic heterocycles. The molecule has 64 valence electrons. The molecule has 0 aromatic carbocycles. The van der Waals surface area contributed by atoms with Crippen LogP contribution < -0.4 is 5.73 Å². The number of nitrogens with two attached hydrogens (primary N) is 1. The highest BCUT2D eigenvalue weighted by Gasteiger charge is 2.15. The van der Waals surface area contributed by atoms with E-state index in [0.29, 0.717) is 12.3 Å². The molecule has 0 fully saturated rings. The number of nitrogen functional groups attached to an aromatic ring is 1. The highest BCUT2D eigenvalue weighted by Crippen LogP contribution is 2.28. The first-order valence-electron chi connectivity index (χ1n) is 3.78. The summed E-state index contributed by atoms with van der Waals surface area (Å²) in [5, 5.41) is 0. The Labute approximate surface area is 79.1 Å². The summed E-state index contributed by atoms with van der Waals surface area (Å²) in [7, 11) is 0. The van der Waals surface area contributed by atoms with E-state index in [2.05, 4.69) is 20.9 Å². The van der Waals surface area contributed by atoms with Gasteiger partial charge in [-0.25, -0.2) is 0 Å². The first-order valence-corrected chi connectivity index (χ1v) is 4.58. The van der Waals surface area contributed by atoms with Crippen molar-refractivity contribution in [1.82, 2.24) is 4.98 Å². The standard InChI is InChI=1S/C8H9BrN2O/c9-8-5-4-12-2-1-7(5)11-3-6(8)10/h3H,1-2,4,10H2. The van der Waals surface area contributed by atoms with Crippen molar-refractivity contribution in [3.63, 3.8) is 0 Å². The molecular formula is C8H9BrN2O. The zero-order valence-electron chi connectivity index (χ0n) is 6.51. The predicted molar refractivity (Wildman–Crippen MR) is 49.7 cm³/mol. The maximum atomic E-state index is 5.68. The van der Waals surface area contributed by atoms with Crippen LogP contribution in [-0.2, 0) is 17.8 Å². The fourth-order valence-corrected chi connectivity index (χ4v) is 1.73. The Hall–Kier alpha value is -0.610. The van der Waals surface area contributed by atoms with E-state index in [4.69, 9.17) is 10.5 Å². The fraction of sp³-hybridized carbons (Fsp3) is 0.375. The van der Waals surface area contributed by atoms with E-state index in [1.807, 2.05) is 0 Å². The van der Waals surface area contributed by atoms with Crippen LogP contribution in [-0.4, -0.2) is 11.6 Å². The molecule has 2 N–H and O–H groups in total. The van der Waals surface area contributed by atoms with Gasteiger partial charge in [0.1, 0.15) is 0 Å². The number of hydrogen-bond donors (Lipinski definition) is 1. The minimum atomic E-state index is 0.619. The van der Waals surface area contributed by atoms with Crippen molar-refractivity contribution in [3.05, 3.63) is 21.9 Å². The highest BCUT2D eigenvalue weighted by atomic mass is 79.9. The van der Waals surface area contributed by atoms with Crippen LogP contribution in [0.2, 0.25) is 0 Å². The first-order chi connectivity index (χ1) is 5.79. The molecule has 0 radical (unpaired) electrons. The Kier molecular flexibility index (Phi) is 2.02. The van der Waals surface area contributed by atoms with Gasteiger partial charge in [0.05, 0.1) is 25.1 Å². The number of ether oxygens (including phenoxy) is 1. The second kappa shape index (κ2) is 3.03. The van der Waals surface area contributed by atoms with Gasteiger partial charge < -0.3 is 10.5 Å². The summed E-state index contributed by atoms with van der Waals surface area (Å²) in [6.07, 6.45) is 2.57. The average Bonchev–Trinajstić information content (AvgIpc) is 2.12. The zero-order chi connectivity index (χ0) is 8.55. The van der Waals surface area contributed by atoms with Crippen LogP contribution in [0.4, 0.5) is 5.69 Å². The van der Waals surface area contributed by atoms with E-state index in [-0.39, 0.29) is 0 Å². The number of nitrogens with zero attached hydrogens (tertiary/aromatic N) is 1. The molecule has 2 rings (SSSR count). The first kappa shape index (κ1) is 8.01. The molecular weight excluding hydrogens is 220 g/mol. The largest absolute Gasteiger partial charge is 0.397 e. The summed E-state index contributed by atoms with van der Waals surface area (Å²) in [5.74, 6) is 0. The van der Waals surface area contributed by atoms with E-state index in [1.54, 1.807) is 6.20 Å². The lowest BCUT2D eigenvalue weighted by atomic mass is 10.1. The number of fused-ring (bicyclic) bond motifs is 1. The minimum absolute atomic E-state index is 0.619. The molecule has 0 bridgehead atoms. The summed E-state index contributed by atoms with van der Waals surface area (Å²) < 4.78 is 6.24. The van der Waals surface area contributed by atoms with Crippen LogP contribution in [0.1, 0.15) is 11.3 Å². The summed E-state index contributed by atoms with van der Waals surface area (Å²) in [6, 6.07) is 0. The second-order valence-electron chi connectivity index (χ2n) is 2.76. The van der Waals surface area contributed by atoms with Gasteiger partial charge in [0.15, 0.2) is 0 Å². The van der Waals surface area contributed by atoms with Crippen LogP contribution in [0.3, 0.4) is 0 Å². The topological polar surface area (TPSA) is 48.1 Å². The third-order valence-electron chi connectivity index (χ3n) is 1.96. The van der Waals surface area contributed by atoms with Crippen LogP contribution in [0.15, 0.2) is 10.7 Å². The molecule has 1 aliphatic heterocycles. The van der Waals surface area contributed by atoms with Gasteiger partial charge in [-0.1, -0.05) is 0 Å². The minimum Gasteiger partial charge on any atom is -0.397 e. The smallest absolute Gasteiger partial charge is 0.0746 e. The Morgan fingerprint density at radius 2 is 2.42 bits per heavy atom. The molecule has 3 nitrogen and oxygen atoms in total. The molecule has 0 saturated heterocycles. The fourth-order valence-electron chi connectivity index (χ4n) is 1.29. The molecule has 0 aliphatic carbocycles. The van der Waals surface area contributed by atoms with Crippen LogP contribution >= 0.6 is 15.9 Å². The van der Waals surface area contributed by atoms with E-state index in [0.717, 1.165) is 28.8 Å². The van der Waals surface area contributed by atoms with Gasteiger partial charge in [-0.05, 0) is 15.9 Å². The van der Waals surface area contributed by atoms with Crippen molar-refractivity contribution >= 4 is 21.6 Å². The SMILES string of the molecule is Nc1cnc2c(c1Br)COCC2. The molecule has 4 heteroatoms. The van der Waals surface area contributed by atoms with Crippen molar-refractivity contribution in [3.8, 4) is 0 Å². The van der Waals surface area contributed by atoms with Crippen molar-refractivity contribution in [2.75, 3.05) is 12.3 Å². The van der Waals surface area contributed by atoms with Crippen LogP contribution in [0, 0.1) is 0 Å². The van der Waals surface area contributed by atoms with E-state index in [9.17, 15) is 0 Å².